The Balaban J connectivity index is 1.66. The van der Waals surface area contributed by atoms with Crippen molar-refractivity contribution in [3.05, 3.63) is 34.2 Å². The van der Waals surface area contributed by atoms with Crippen LogP contribution in [0, 0.1) is 0 Å². The van der Waals surface area contributed by atoms with Gasteiger partial charge in [-0.2, -0.15) is 12.7 Å². The van der Waals surface area contributed by atoms with Crippen molar-refractivity contribution in [2.75, 3.05) is 13.1 Å². The van der Waals surface area contributed by atoms with Gasteiger partial charge < -0.3 is 0 Å². The minimum Gasteiger partial charge on any atom is -0.295 e. The van der Waals surface area contributed by atoms with Crippen LogP contribution in [0.25, 0.3) is 11.0 Å². The van der Waals surface area contributed by atoms with Gasteiger partial charge in [0.15, 0.2) is 0 Å². The largest absolute Gasteiger partial charge is 0.329 e. The number of nitrogens with zero attached hydrogens (tertiary/aromatic N) is 3. The summed E-state index contributed by atoms with van der Waals surface area (Å²) in [6.45, 7) is 0.718. The van der Waals surface area contributed by atoms with Crippen molar-refractivity contribution in [3.63, 3.8) is 0 Å². The first kappa shape index (κ1) is 19.8. The van der Waals surface area contributed by atoms with Crippen LogP contribution in [-0.2, 0) is 26.8 Å². The highest BCUT2D eigenvalue weighted by Gasteiger charge is 2.32. The molecule has 2 aromatic rings. The van der Waals surface area contributed by atoms with Crippen molar-refractivity contribution in [3.8, 4) is 0 Å². The standard InChI is InChI=1S/C18H23N5O5S/c1-21-15-10-12(11-6-8-22(9-7-11)29(19,27)28)2-3-13(15)23(18(21)26)14-4-5-16(24)20-17(14)25/h2-3,10-11,14H,4-9H2,1H3,(H2,19,27,28)(H,20,24,25). The van der Waals surface area contributed by atoms with E-state index < -0.39 is 22.2 Å². The van der Waals surface area contributed by atoms with Gasteiger partial charge in [-0.15, -0.1) is 0 Å². The summed E-state index contributed by atoms with van der Waals surface area (Å²) in [6, 6.07) is 4.95. The summed E-state index contributed by atoms with van der Waals surface area (Å²) in [4.78, 5) is 36.5. The van der Waals surface area contributed by atoms with Crippen molar-refractivity contribution in [1.29, 1.82) is 0 Å². The number of hydrogen-bond acceptors (Lipinski definition) is 5. The molecule has 156 valence electrons. The van der Waals surface area contributed by atoms with Crippen LogP contribution >= 0.6 is 0 Å². The summed E-state index contributed by atoms with van der Waals surface area (Å²) < 4.78 is 27.2. The number of aryl methyl sites for hydroxylation is 1. The Hall–Kier alpha value is -2.50. The van der Waals surface area contributed by atoms with Crippen LogP contribution in [0.2, 0.25) is 0 Å². The second-order valence-electron chi connectivity index (χ2n) is 7.64. The topological polar surface area (TPSA) is 136 Å². The third-order valence-electron chi connectivity index (χ3n) is 5.92. The average molecular weight is 421 g/mol. The molecule has 0 radical (unpaired) electrons. The number of nitrogens with two attached hydrogens (primary N) is 1. The molecule has 29 heavy (non-hydrogen) atoms. The molecular weight excluding hydrogens is 398 g/mol. The Morgan fingerprint density at radius 1 is 1.07 bits per heavy atom. The van der Waals surface area contributed by atoms with E-state index >= 15 is 0 Å². The van der Waals surface area contributed by atoms with E-state index in [2.05, 4.69) is 5.32 Å². The molecule has 1 aromatic heterocycles. The number of hydrogen-bond donors (Lipinski definition) is 2. The smallest absolute Gasteiger partial charge is 0.295 e. The van der Waals surface area contributed by atoms with Gasteiger partial charge in [0, 0.05) is 26.6 Å². The molecule has 10 nitrogen and oxygen atoms in total. The molecule has 0 spiro atoms. The maximum absolute atomic E-state index is 12.8. The minimum absolute atomic E-state index is 0.159. The molecule has 4 rings (SSSR count). The number of carbonyl (C=O) groups excluding carboxylic acids is 2. The summed E-state index contributed by atoms with van der Waals surface area (Å²) in [6.07, 6.45) is 1.77. The first-order valence-corrected chi connectivity index (χ1v) is 11.0. The van der Waals surface area contributed by atoms with E-state index in [1.54, 1.807) is 7.05 Å². The zero-order valence-electron chi connectivity index (χ0n) is 16.0. The van der Waals surface area contributed by atoms with Gasteiger partial charge >= 0.3 is 5.69 Å². The fourth-order valence-corrected chi connectivity index (χ4v) is 5.03. The predicted octanol–water partition coefficient (Wildman–Crippen LogP) is -0.299. The van der Waals surface area contributed by atoms with Crippen molar-refractivity contribution in [2.45, 2.75) is 37.6 Å². The summed E-state index contributed by atoms with van der Waals surface area (Å²) in [7, 11) is -2.02. The van der Waals surface area contributed by atoms with Gasteiger partial charge in [0.1, 0.15) is 6.04 Å². The first-order valence-electron chi connectivity index (χ1n) is 9.49. The molecule has 2 fully saturated rings. The molecule has 1 aromatic carbocycles. The van der Waals surface area contributed by atoms with E-state index in [1.807, 2.05) is 18.2 Å². The number of carbonyl (C=O) groups is 2. The fourth-order valence-electron chi connectivity index (χ4n) is 4.31. The number of imidazole rings is 1. The van der Waals surface area contributed by atoms with Crippen LogP contribution in [-0.4, -0.2) is 46.8 Å². The van der Waals surface area contributed by atoms with Crippen molar-refractivity contribution in [2.24, 2.45) is 12.2 Å². The van der Waals surface area contributed by atoms with Gasteiger partial charge in [-0.1, -0.05) is 6.07 Å². The van der Waals surface area contributed by atoms with E-state index in [-0.39, 0.29) is 30.4 Å². The lowest BCUT2D eigenvalue weighted by atomic mass is 9.90. The highest BCUT2D eigenvalue weighted by molar-refractivity contribution is 7.86. The molecule has 1 unspecified atom stereocenters. The van der Waals surface area contributed by atoms with E-state index in [9.17, 15) is 22.8 Å². The number of fused-ring (bicyclic) bond motifs is 1. The van der Waals surface area contributed by atoms with Crippen LogP contribution in [0.15, 0.2) is 23.0 Å². The molecule has 0 aliphatic carbocycles. The van der Waals surface area contributed by atoms with Crippen LogP contribution in [0.5, 0.6) is 0 Å². The number of nitrogens with one attached hydrogen (secondary N) is 1. The van der Waals surface area contributed by atoms with Gasteiger partial charge in [-0.25, -0.2) is 9.93 Å². The first-order chi connectivity index (χ1) is 13.7. The van der Waals surface area contributed by atoms with E-state index in [4.69, 9.17) is 5.14 Å². The van der Waals surface area contributed by atoms with Crippen molar-refractivity contribution in [1.82, 2.24) is 18.8 Å². The molecule has 0 saturated carbocycles. The predicted molar refractivity (Wildman–Crippen MR) is 105 cm³/mol. The lowest BCUT2D eigenvalue weighted by molar-refractivity contribution is -0.135. The molecule has 2 aliphatic rings. The van der Waals surface area contributed by atoms with Crippen molar-refractivity contribution >= 4 is 33.1 Å². The summed E-state index contributed by atoms with van der Waals surface area (Å²) >= 11 is 0. The molecule has 2 amide bonds. The average Bonchev–Trinajstić information content (AvgIpc) is 2.92. The Kier molecular flexibility index (Phi) is 4.83. The summed E-state index contributed by atoms with van der Waals surface area (Å²) in [5, 5.41) is 7.50. The lowest BCUT2D eigenvalue weighted by Gasteiger charge is -2.30. The maximum atomic E-state index is 12.8. The number of imide groups is 1. The minimum atomic E-state index is -3.67. The highest BCUT2D eigenvalue weighted by Crippen LogP contribution is 2.31. The molecule has 3 heterocycles. The van der Waals surface area contributed by atoms with E-state index in [0.717, 1.165) is 5.56 Å². The number of benzene rings is 1. The number of rotatable bonds is 3. The third-order valence-corrected chi connectivity index (χ3v) is 7.01. The number of piperidine rings is 2. The van der Waals surface area contributed by atoms with Crippen LogP contribution in [0.1, 0.15) is 43.2 Å². The molecule has 0 bridgehead atoms. The zero-order valence-corrected chi connectivity index (χ0v) is 16.8. The molecule has 11 heteroatoms. The van der Waals surface area contributed by atoms with Gasteiger partial charge in [0.2, 0.25) is 11.8 Å². The quantitative estimate of drug-likeness (QED) is 0.656. The second kappa shape index (κ2) is 7.08. The highest BCUT2D eigenvalue weighted by atomic mass is 32.2. The molecule has 2 saturated heterocycles. The van der Waals surface area contributed by atoms with Gasteiger partial charge in [0.25, 0.3) is 10.2 Å². The Labute approximate surface area is 167 Å². The van der Waals surface area contributed by atoms with Crippen molar-refractivity contribution < 1.29 is 18.0 Å². The Morgan fingerprint density at radius 3 is 2.38 bits per heavy atom. The zero-order chi connectivity index (χ0) is 20.9. The lowest BCUT2D eigenvalue weighted by Crippen LogP contribution is -2.44. The molecule has 3 N–H and O–H groups in total. The number of aromatic nitrogens is 2. The monoisotopic (exact) mass is 421 g/mol. The van der Waals surface area contributed by atoms with Crippen LogP contribution < -0.4 is 16.1 Å². The van der Waals surface area contributed by atoms with E-state index in [1.165, 1.54) is 13.4 Å². The number of amides is 2. The molecule has 2 aliphatic heterocycles. The van der Waals surface area contributed by atoms with Gasteiger partial charge in [-0.3, -0.25) is 24.0 Å². The molecule has 1 atom stereocenters. The summed E-state index contributed by atoms with van der Waals surface area (Å²) in [5.74, 6) is -0.630. The SMILES string of the molecule is Cn1c(=O)n(C2CCC(=O)NC2=O)c2ccc(C3CCN(S(N)(=O)=O)CC3)cc21. The maximum Gasteiger partial charge on any atom is 0.329 e. The fraction of sp³-hybridized carbons (Fsp3) is 0.500. The van der Waals surface area contributed by atoms with Crippen LogP contribution in [0.4, 0.5) is 0 Å². The Bertz CT molecular complexity index is 1160. The third kappa shape index (κ3) is 3.49. The van der Waals surface area contributed by atoms with Crippen LogP contribution in [0.3, 0.4) is 0 Å². The van der Waals surface area contributed by atoms with Gasteiger partial charge in [0.05, 0.1) is 11.0 Å². The van der Waals surface area contributed by atoms with E-state index in [0.29, 0.717) is 37.0 Å². The normalized spacial score (nSPS) is 22.2. The second-order valence-corrected chi connectivity index (χ2v) is 9.19. The Morgan fingerprint density at radius 2 is 1.76 bits per heavy atom. The van der Waals surface area contributed by atoms with Gasteiger partial charge in [-0.05, 0) is 42.9 Å². The molecular formula is C18H23N5O5S. The summed E-state index contributed by atoms with van der Waals surface area (Å²) in [5.41, 5.74) is 2.04.